The van der Waals surface area contributed by atoms with Gasteiger partial charge in [0.15, 0.2) is 0 Å². The molecule has 1 heterocycles. The van der Waals surface area contributed by atoms with Crippen molar-refractivity contribution in [2.75, 3.05) is 0 Å². The average molecular weight is 170 g/mol. The maximum atomic E-state index is 12.8. The van der Waals surface area contributed by atoms with E-state index in [1.165, 1.54) is 24.3 Å². The van der Waals surface area contributed by atoms with Crippen molar-refractivity contribution in [3.05, 3.63) is 34.7 Å². The van der Waals surface area contributed by atoms with E-state index in [0.29, 0.717) is 0 Å². The van der Waals surface area contributed by atoms with Crippen molar-refractivity contribution in [1.82, 2.24) is 9.58 Å². The van der Waals surface area contributed by atoms with E-state index in [-0.39, 0.29) is 20.6 Å². The Morgan fingerprint density at radius 2 is 1.42 bits per heavy atom. The third-order valence-electron chi connectivity index (χ3n) is 1.64. The molecule has 3 nitrogen and oxygen atoms in total. The molecule has 1 aromatic heterocycles. The predicted molar refractivity (Wildman–Crippen MR) is 39.2 cm³/mol. The van der Waals surface area contributed by atoms with Gasteiger partial charge < -0.3 is 0 Å². The number of halogens is 2. The van der Waals surface area contributed by atoms with E-state index >= 15 is 0 Å². The normalized spacial score (nSPS) is 10.8. The number of hydrogen-bond donors (Lipinski definition) is 0. The first-order valence-electron chi connectivity index (χ1n) is 3.26. The topological polar surface area (TPSA) is 26.9 Å². The molecule has 0 amide bonds. The molecule has 2 rings (SSSR count). The summed E-state index contributed by atoms with van der Waals surface area (Å²) >= 11 is 0. The van der Waals surface area contributed by atoms with Crippen LogP contribution in [0.3, 0.4) is 0 Å². The van der Waals surface area contributed by atoms with Crippen LogP contribution in [-0.2, 0) is 0 Å². The highest BCUT2D eigenvalue weighted by atomic mass is 19.2. The Labute approximate surface area is 65.3 Å². The van der Waals surface area contributed by atoms with E-state index in [2.05, 4.69) is 0 Å². The molecule has 0 saturated carbocycles. The van der Waals surface area contributed by atoms with Crippen LogP contribution in [0.4, 0.5) is 8.96 Å². The Balaban J connectivity index is 3.09. The van der Waals surface area contributed by atoms with Crippen LogP contribution in [0, 0.1) is 0 Å². The van der Waals surface area contributed by atoms with Gasteiger partial charge in [-0.3, -0.25) is 0 Å². The number of para-hydroxylation sites is 2. The van der Waals surface area contributed by atoms with Gasteiger partial charge in [0, 0.05) is 0 Å². The van der Waals surface area contributed by atoms with Crippen molar-refractivity contribution in [2.24, 2.45) is 0 Å². The lowest BCUT2D eigenvalue weighted by Gasteiger charge is -1.86. The van der Waals surface area contributed by atoms with Gasteiger partial charge in [0.05, 0.1) is 0 Å². The summed E-state index contributed by atoms with van der Waals surface area (Å²) in [5.41, 5.74) is -1.44. The lowest BCUT2D eigenvalue weighted by Crippen LogP contribution is -2.14. The van der Waals surface area contributed by atoms with Crippen molar-refractivity contribution < 1.29 is 8.96 Å². The monoisotopic (exact) mass is 170 g/mol. The molecule has 5 heteroatoms. The molecule has 0 aliphatic heterocycles. The van der Waals surface area contributed by atoms with E-state index in [1.54, 1.807) is 0 Å². The van der Waals surface area contributed by atoms with Gasteiger partial charge in [-0.25, -0.2) is 4.79 Å². The summed E-state index contributed by atoms with van der Waals surface area (Å²) < 4.78 is 25.5. The lowest BCUT2D eigenvalue weighted by molar-refractivity contribution is 0.308. The quantitative estimate of drug-likeness (QED) is 0.584. The maximum absolute atomic E-state index is 12.8. The van der Waals surface area contributed by atoms with Gasteiger partial charge >= 0.3 is 5.69 Å². The number of imidazole rings is 1. The van der Waals surface area contributed by atoms with E-state index in [9.17, 15) is 13.8 Å². The number of hydrogen-bond acceptors (Lipinski definition) is 1. The van der Waals surface area contributed by atoms with Crippen molar-refractivity contribution >= 4 is 11.0 Å². The van der Waals surface area contributed by atoms with Gasteiger partial charge in [-0.1, -0.05) is 21.1 Å². The van der Waals surface area contributed by atoms with Crippen LogP contribution in [0.1, 0.15) is 0 Å². The van der Waals surface area contributed by atoms with Crippen LogP contribution in [0.5, 0.6) is 0 Å². The molecule has 0 radical (unpaired) electrons. The zero-order valence-corrected chi connectivity index (χ0v) is 5.87. The smallest absolute Gasteiger partial charge is 0.242 e. The number of aromatic nitrogens is 2. The third kappa shape index (κ3) is 0.702. The SMILES string of the molecule is O=c1n(F)c2ccccc2n1F. The molecule has 0 aliphatic rings. The molecule has 1 aromatic carbocycles. The third-order valence-corrected chi connectivity index (χ3v) is 1.64. The van der Waals surface area contributed by atoms with Gasteiger partial charge in [-0.2, -0.15) is 0 Å². The van der Waals surface area contributed by atoms with Crippen LogP contribution < -0.4 is 5.69 Å². The summed E-state index contributed by atoms with van der Waals surface area (Å²) in [4.78, 5) is 10.2. The number of nitrogens with zero attached hydrogens (tertiary/aromatic N) is 2. The second kappa shape index (κ2) is 2.17. The molecule has 0 spiro atoms. The van der Waals surface area contributed by atoms with Crippen LogP contribution in [0.25, 0.3) is 11.0 Å². The minimum atomic E-state index is -1.31. The summed E-state index contributed by atoms with van der Waals surface area (Å²) in [6, 6.07) is 5.70. The van der Waals surface area contributed by atoms with Crippen molar-refractivity contribution in [3.8, 4) is 0 Å². The first kappa shape index (κ1) is 7.02. The Morgan fingerprint density at radius 1 is 1.00 bits per heavy atom. The summed E-state index contributed by atoms with van der Waals surface area (Å²) in [6.07, 6.45) is 0. The Kier molecular flexibility index (Phi) is 1.27. The van der Waals surface area contributed by atoms with Crippen LogP contribution >= 0.6 is 0 Å². The maximum Gasteiger partial charge on any atom is 0.385 e. The fraction of sp³-hybridized carbons (Fsp3) is 0. The number of benzene rings is 1. The van der Waals surface area contributed by atoms with Gasteiger partial charge in [0.1, 0.15) is 11.0 Å². The second-order valence-electron chi connectivity index (χ2n) is 2.33. The number of fused-ring (bicyclic) bond motifs is 1. The molecule has 0 unspecified atom stereocenters. The second-order valence-corrected chi connectivity index (χ2v) is 2.33. The molecule has 0 N–H and O–H groups in total. The molecule has 0 saturated heterocycles. The van der Waals surface area contributed by atoms with Crippen molar-refractivity contribution in [3.63, 3.8) is 0 Å². The van der Waals surface area contributed by atoms with Gasteiger partial charge in [-0.05, 0) is 12.1 Å². The minimum Gasteiger partial charge on any atom is -0.242 e. The fourth-order valence-electron chi connectivity index (χ4n) is 1.08. The van der Waals surface area contributed by atoms with Gasteiger partial charge in [0.25, 0.3) is 0 Å². The molecule has 0 aliphatic carbocycles. The lowest BCUT2D eigenvalue weighted by atomic mass is 10.3. The van der Waals surface area contributed by atoms with Crippen molar-refractivity contribution in [2.45, 2.75) is 0 Å². The summed E-state index contributed by atoms with van der Waals surface area (Å²) in [7, 11) is 0. The molecular weight excluding hydrogens is 166 g/mol. The Bertz CT molecular complexity index is 444. The first-order chi connectivity index (χ1) is 5.72. The summed E-state index contributed by atoms with van der Waals surface area (Å²) in [5.74, 6) is 0. The zero-order chi connectivity index (χ0) is 8.72. The van der Waals surface area contributed by atoms with E-state index in [0.717, 1.165) is 0 Å². The Hall–Kier alpha value is -1.65. The van der Waals surface area contributed by atoms with E-state index in [1.807, 2.05) is 0 Å². The van der Waals surface area contributed by atoms with Gasteiger partial charge in [-0.15, -0.1) is 9.58 Å². The van der Waals surface area contributed by atoms with Crippen LogP contribution in [0.2, 0.25) is 0 Å². The molecule has 62 valence electrons. The van der Waals surface area contributed by atoms with Crippen LogP contribution in [0.15, 0.2) is 29.1 Å². The predicted octanol–water partition coefficient (Wildman–Crippen LogP) is 1.27. The summed E-state index contributed by atoms with van der Waals surface area (Å²) in [6.45, 7) is 0. The molecule has 2 aromatic rings. The standard InChI is InChI=1S/C7H4F2N2O/c8-10-5-3-1-2-4-6(5)11(9)7(10)12/h1-4H. The Morgan fingerprint density at radius 3 is 1.83 bits per heavy atom. The minimum absolute atomic E-state index is 0.0648. The highest BCUT2D eigenvalue weighted by molar-refractivity contribution is 5.75. The molecular formula is C7H4F2N2O. The van der Waals surface area contributed by atoms with E-state index < -0.39 is 5.69 Å². The highest BCUT2D eigenvalue weighted by Crippen LogP contribution is 2.11. The highest BCUT2D eigenvalue weighted by Gasteiger charge is 2.10. The van der Waals surface area contributed by atoms with Crippen LogP contribution in [-0.4, -0.2) is 9.58 Å². The zero-order valence-electron chi connectivity index (χ0n) is 5.87. The van der Waals surface area contributed by atoms with E-state index in [4.69, 9.17) is 0 Å². The van der Waals surface area contributed by atoms with Gasteiger partial charge in [0.2, 0.25) is 0 Å². The molecule has 0 bridgehead atoms. The first-order valence-corrected chi connectivity index (χ1v) is 3.26. The molecule has 12 heavy (non-hydrogen) atoms. The number of rotatable bonds is 0. The molecule has 0 atom stereocenters. The summed E-state index contributed by atoms with van der Waals surface area (Å²) in [5, 5.41) is 0. The van der Waals surface area contributed by atoms with Crippen molar-refractivity contribution in [1.29, 1.82) is 0 Å². The fourth-order valence-corrected chi connectivity index (χ4v) is 1.08. The average Bonchev–Trinajstić information content (AvgIpc) is 2.33. The molecule has 0 fully saturated rings. The largest absolute Gasteiger partial charge is 0.385 e.